The predicted molar refractivity (Wildman–Crippen MR) is 85.7 cm³/mol. The van der Waals surface area contributed by atoms with Crippen LogP contribution in [0.1, 0.15) is 50.0 Å². The summed E-state index contributed by atoms with van der Waals surface area (Å²) in [5.41, 5.74) is 7.14. The minimum absolute atomic E-state index is 0. The first-order valence-electron chi connectivity index (χ1n) is 7.80. The Morgan fingerprint density at radius 1 is 1.10 bits per heavy atom. The van der Waals surface area contributed by atoms with E-state index in [0.717, 1.165) is 24.8 Å². The Bertz CT molecular complexity index is 417. The first-order valence-corrected chi connectivity index (χ1v) is 7.80. The highest BCUT2D eigenvalue weighted by Gasteiger charge is 2.38. The van der Waals surface area contributed by atoms with Gasteiger partial charge in [-0.1, -0.05) is 37.5 Å². The molecule has 0 radical (unpaired) electrons. The molecule has 0 spiro atoms. The number of nitrogens with two attached hydrogens (primary N) is 1. The van der Waals surface area contributed by atoms with Crippen LogP contribution in [0.4, 0.5) is 0 Å². The van der Waals surface area contributed by atoms with E-state index < -0.39 is 0 Å². The maximum atomic E-state index is 6.13. The van der Waals surface area contributed by atoms with Crippen molar-refractivity contribution in [1.82, 2.24) is 0 Å². The second-order valence-corrected chi connectivity index (χ2v) is 6.19. The average molecular weight is 296 g/mol. The van der Waals surface area contributed by atoms with Crippen LogP contribution in [-0.4, -0.2) is 13.2 Å². The molecule has 0 heterocycles. The molecule has 0 saturated heterocycles. The van der Waals surface area contributed by atoms with Gasteiger partial charge in [-0.2, -0.15) is 0 Å². The van der Waals surface area contributed by atoms with Gasteiger partial charge in [-0.15, -0.1) is 12.4 Å². The van der Waals surface area contributed by atoms with Crippen LogP contribution >= 0.6 is 12.4 Å². The van der Waals surface area contributed by atoms with Crippen LogP contribution in [0.15, 0.2) is 24.3 Å². The van der Waals surface area contributed by atoms with Gasteiger partial charge in [0.15, 0.2) is 0 Å². The van der Waals surface area contributed by atoms with Gasteiger partial charge in [-0.05, 0) is 55.2 Å². The third-order valence-electron chi connectivity index (χ3n) is 4.74. The predicted octanol–water partition coefficient (Wildman–Crippen LogP) is 4.13. The number of benzene rings is 1. The molecular formula is C17H26ClNO. The highest BCUT2D eigenvalue weighted by molar-refractivity contribution is 5.85. The lowest BCUT2D eigenvalue weighted by atomic mass is 9.90. The molecule has 2 N–H and O–H groups in total. The van der Waals surface area contributed by atoms with Crippen LogP contribution in [0, 0.1) is 11.8 Å². The number of hydrogen-bond donors (Lipinski definition) is 1. The van der Waals surface area contributed by atoms with Gasteiger partial charge in [0.1, 0.15) is 5.75 Å². The lowest BCUT2D eigenvalue weighted by Gasteiger charge is -2.22. The van der Waals surface area contributed by atoms with Crippen LogP contribution < -0.4 is 10.5 Å². The van der Waals surface area contributed by atoms with E-state index >= 15 is 0 Å². The van der Waals surface area contributed by atoms with E-state index in [4.69, 9.17) is 10.5 Å². The molecule has 3 rings (SSSR count). The quantitative estimate of drug-likeness (QED) is 0.886. The number of rotatable bonds is 5. The van der Waals surface area contributed by atoms with Crippen molar-refractivity contribution < 1.29 is 4.74 Å². The number of ether oxygens (including phenoxy) is 1. The Hall–Kier alpha value is -0.730. The van der Waals surface area contributed by atoms with Crippen LogP contribution in [0.2, 0.25) is 0 Å². The summed E-state index contributed by atoms with van der Waals surface area (Å²) < 4.78 is 6.13. The van der Waals surface area contributed by atoms with Gasteiger partial charge in [0.05, 0.1) is 6.61 Å². The van der Waals surface area contributed by atoms with Crippen LogP contribution in [-0.2, 0) is 0 Å². The van der Waals surface area contributed by atoms with Crippen molar-refractivity contribution in [2.45, 2.75) is 44.4 Å². The fourth-order valence-corrected chi connectivity index (χ4v) is 3.37. The molecule has 2 nitrogen and oxygen atoms in total. The van der Waals surface area contributed by atoms with Gasteiger partial charge in [0, 0.05) is 0 Å². The Labute approximate surface area is 128 Å². The molecular weight excluding hydrogens is 270 g/mol. The zero-order chi connectivity index (χ0) is 13.1. The summed E-state index contributed by atoms with van der Waals surface area (Å²) in [5, 5.41) is 0. The average Bonchev–Trinajstić information content (AvgIpc) is 3.26. The molecule has 2 saturated carbocycles. The number of halogens is 1. The van der Waals surface area contributed by atoms with E-state index in [2.05, 4.69) is 24.3 Å². The Morgan fingerprint density at radius 3 is 2.55 bits per heavy atom. The van der Waals surface area contributed by atoms with E-state index in [9.17, 15) is 0 Å². The van der Waals surface area contributed by atoms with Crippen molar-refractivity contribution >= 4 is 12.4 Å². The van der Waals surface area contributed by atoms with Crippen molar-refractivity contribution in [2.75, 3.05) is 13.2 Å². The third-order valence-corrected chi connectivity index (χ3v) is 4.74. The molecule has 0 aliphatic heterocycles. The normalized spacial score (nSPS) is 25.9. The van der Waals surface area contributed by atoms with Crippen molar-refractivity contribution in [2.24, 2.45) is 17.6 Å². The van der Waals surface area contributed by atoms with Crippen LogP contribution in [0.25, 0.3) is 0 Å². The summed E-state index contributed by atoms with van der Waals surface area (Å²) in [4.78, 5) is 0. The Kier molecular flexibility index (Phi) is 5.74. The molecule has 1 aromatic carbocycles. The molecule has 2 fully saturated rings. The van der Waals surface area contributed by atoms with E-state index in [1.54, 1.807) is 0 Å². The van der Waals surface area contributed by atoms with Crippen molar-refractivity contribution in [1.29, 1.82) is 0 Å². The smallest absolute Gasteiger partial charge is 0.122 e. The standard InChI is InChI=1S/C17H25NO.ClH/c18-11-14-10-16(14)15-8-4-5-9-17(15)19-12-13-6-2-1-3-7-13;/h4-5,8-9,13-14,16H,1-3,6-7,10-12,18H2;1H/t14-,16+;/m1./s1. The SMILES string of the molecule is Cl.NC[C@H]1C[C@@H]1c1ccccc1OCC1CCCCC1. The molecule has 0 amide bonds. The molecule has 1 aromatic rings. The van der Waals surface area contributed by atoms with Crippen molar-refractivity contribution in [3.05, 3.63) is 29.8 Å². The second kappa shape index (κ2) is 7.33. The van der Waals surface area contributed by atoms with Crippen molar-refractivity contribution in [3.63, 3.8) is 0 Å². The topological polar surface area (TPSA) is 35.2 Å². The second-order valence-electron chi connectivity index (χ2n) is 6.19. The van der Waals surface area contributed by atoms with E-state index in [-0.39, 0.29) is 12.4 Å². The maximum Gasteiger partial charge on any atom is 0.122 e. The van der Waals surface area contributed by atoms with Gasteiger partial charge in [0.2, 0.25) is 0 Å². The molecule has 0 aromatic heterocycles. The van der Waals surface area contributed by atoms with Gasteiger partial charge in [-0.3, -0.25) is 0 Å². The maximum absolute atomic E-state index is 6.13. The van der Waals surface area contributed by atoms with Gasteiger partial charge < -0.3 is 10.5 Å². The monoisotopic (exact) mass is 295 g/mol. The van der Waals surface area contributed by atoms with Gasteiger partial charge in [0.25, 0.3) is 0 Å². The van der Waals surface area contributed by atoms with Gasteiger partial charge >= 0.3 is 0 Å². The Balaban J connectivity index is 0.00000147. The molecule has 112 valence electrons. The highest BCUT2D eigenvalue weighted by Crippen LogP contribution is 2.49. The minimum Gasteiger partial charge on any atom is -0.493 e. The highest BCUT2D eigenvalue weighted by atomic mass is 35.5. The summed E-state index contributed by atoms with van der Waals surface area (Å²) in [6.45, 7) is 1.71. The van der Waals surface area contributed by atoms with E-state index in [1.807, 2.05) is 0 Å². The lowest BCUT2D eigenvalue weighted by Crippen LogP contribution is -2.15. The fourth-order valence-electron chi connectivity index (χ4n) is 3.37. The number of hydrogen-bond acceptors (Lipinski definition) is 2. The molecule has 2 atom stereocenters. The molecule has 0 unspecified atom stereocenters. The van der Waals surface area contributed by atoms with Gasteiger partial charge in [-0.25, -0.2) is 0 Å². The first kappa shape index (κ1) is 15.7. The summed E-state index contributed by atoms with van der Waals surface area (Å²) in [7, 11) is 0. The first-order chi connectivity index (χ1) is 9.38. The molecule has 2 aliphatic carbocycles. The third kappa shape index (κ3) is 3.67. The fraction of sp³-hybridized carbons (Fsp3) is 0.647. The van der Waals surface area contributed by atoms with Crippen molar-refractivity contribution in [3.8, 4) is 5.75 Å². The molecule has 0 bridgehead atoms. The number of para-hydroxylation sites is 1. The molecule has 2 aliphatic rings. The van der Waals surface area contributed by atoms with Crippen LogP contribution in [0.5, 0.6) is 5.75 Å². The summed E-state index contributed by atoms with van der Waals surface area (Å²) in [5.74, 6) is 3.20. The lowest BCUT2D eigenvalue weighted by molar-refractivity contribution is 0.207. The zero-order valence-corrected chi connectivity index (χ0v) is 12.9. The minimum atomic E-state index is 0. The van der Waals surface area contributed by atoms with E-state index in [0.29, 0.717) is 11.8 Å². The summed E-state index contributed by atoms with van der Waals surface area (Å²) >= 11 is 0. The summed E-state index contributed by atoms with van der Waals surface area (Å²) in [6, 6.07) is 8.55. The molecule has 20 heavy (non-hydrogen) atoms. The zero-order valence-electron chi connectivity index (χ0n) is 12.1. The molecule has 3 heteroatoms. The van der Waals surface area contributed by atoms with Crippen LogP contribution in [0.3, 0.4) is 0 Å². The Morgan fingerprint density at radius 2 is 1.85 bits per heavy atom. The summed E-state index contributed by atoms with van der Waals surface area (Å²) in [6.07, 6.45) is 8.10. The van der Waals surface area contributed by atoms with E-state index in [1.165, 1.54) is 44.1 Å². The largest absolute Gasteiger partial charge is 0.493 e.